The molecule has 3 rings (SSSR count). The molecule has 1 heterocycles. The van der Waals surface area contributed by atoms with Crippen molar-refractivity contribution >= 4 is 5.91 Å². The van der Waals surface area contributed by atoms with E-state index in [1.54, 1.807) is 0 Å². The molecule has 0 fully saturated rings. The van der Waals surface area contributed by atoms with Gasteiger partial charge >= 0.3 is 0 Å². The Kier molecular flexibility index (Phi) is 5.31. The summed E-state index contributed by atoms with van der Waals surface area (Å²) < 4.78 is 0. The Labute approximate surface area is 147 Å². The number of fused-ring (bicyclic) bond motifs is 1. The van der Waals surface area contributed by atoms with Gasteiger partial charge in [0.1, 0.15) is 0 Å². The van der Waals surface area contributed by atoms with E-state index in [4.69, 9.17) is 0 Å². The molecule has 1 amide bonds. The Morgan fingerprint density at radius 3 is 2.80 bits per heavy atom. The molecule has 5 nitrogen and oxygen atoms in total. The van der Waals surface area contributed by atoms with Crippen LogP contribution in [0.2, 0.25) is 0 Å². The molecule has 1 aliphatic carbocycles. The van der Waals surface area contributed by atoms with Gasteiger partial charge in [-0.3, -0.25) is 9.59 Å². The van der Waals surface area contributed by atoms with E-state index in [0.29, 0.717) is 5.56 Å². The molecule has 0 unspecified atom stereocenters. The number of amides is 1. The van der Waals surface area contributed by atoms with Crippen molar-refractivity contribution in [3.8, 4) is 0 Å². The second-order valence-corrected chi connectivity index (χ2v) is 6.53. The van der Waals surface area contributed by atoms with Crippen LogP contribution in [0.1, 0.15) is 60.6 Å². The summed E-state index contributed by atoms with van der Waals surface area (Å²) in [6.45, 7) is 4.28. The third-order valence-electron chi connectivity index (χ3n) is 5.09. The topological polar surface area (TPSA) is 74.8 Å². The van der Waals surface area contributed by atoms with Crippen LogP contribution in [0.15, 0.2) is 29.1 Å². The summed E-state index contributed by atoms with van der Waals surface area (Å²) in [7, 11) is 0. The van der Waals surface area contributed by atoms with E-state index in [2.05, 4.69) is 21.6 Å². The summed E-state index contributed by atoms with van der Waals surface area (Å²) in [5.41, 5.74) is 4.66. The highest BCUT2D eigenvalue weighted by atomic mass is 16.2. The lowest BCUT2D eigenvalue weighted by atomic mass is 9.82. The molecule has 0 aliphatic heterocycles. The number of nitrogens with zero attached hydrogens (tertiary/aromatic N) is 1. The first-order chi connectivity index (χ1) is 12.2. The van der Waals surface area contributed by atoms with Gasteiger partial charge in [0.25, 0.3) is 5.56 Å². The first kappa shape index (κ1) is 17.4. The summed E-state index contributed by atoms with van der Waals surface area (Å²) in [4.78, 5) is 24.9. The van der Waals surface area contributed by atoms with Crippen molar-refractivity contribution in [2.45, 2.75) is 58.4 Å². The van der Waals surface area contributed by atoms with Crippen LogP contribution >= 0.6 is 0 Å². The van der Waals surface area contributed by atoms with Gasteiger partial charge in [-0.2, -0.15) is 5.10 Å². The molecular weight excluding hydrogens is 314 g/mol. The van der Waals surface area contributed by atoms with Crippen LogP contribution in [-0.2, 0) is 30.6 Å². The van der Waals surface area contributed by atoms with E-state index >= 15 is 0 Å². The van der Waals surface area contributed by atoms with E-state index in [0.717, 1.165) is 48.9 Å². The zero-order valence-corrected chi connectivity index (χ0v) is 14.9. The minimum Gasteiger partial charge on any atom is -0.351 e. The fourth-order valence-corrected chi connectivity index (χ4v) is 3.79. The summed E-state index contributed by atoms with van der Waals surface area (Å²) in [5.74, 6) is -0.120. The molecule has 25 heavy (non-hydrogen) atoms. The first-order valence-corrected chi connectivity index (χ1v) is 9.10. The van der Waals surface area contributed by atoms with E-state index in [1.165, 1.54) is 5.56 Å². The second kappa shape index (κ2) is 7.64. The number of H-pyrrole nitrogens is 1. The Bertz CT molecular complexity index is 826. The minimum absolute atomic E-state index is 0.00321. The van der Waals surface area contributed by atoms with Crippen LogP contribution in [0, 0.1) is 0 Å². The molecular formula is C20H25N3O2. The predicted octanol–water partition coefficient (Wildman–Crippen LogP) is 2.63. The maximum Gasteiger partial charge on any atom is 0.269 e. The number of carbonyl (C=O) groups excluding carboxylic acids is 1. The number of nitrogens with one attached hydrogen (secondary N) is 2. The molecule has 0 saturated carbocycles. The molecule has 132 valence electrons. The quantitative estimate of drug-likeness (QED) is 0.879. The van der Waals surface area contributed by atoms with Gasteiger partial charge in [-0.15, -0.1) is 0 Å². The number of aromatic nitrogens is 2. The van der Waals surface area contributed by atoms with Crippen molar-refractivity contribution < 1.29 is 4.79 Å². The zero-order valence-electron chi connectivity index (χ0n) is 14.9. The van der Waals surface area contributed by atoms with Gasteiger partial charge in [0, 0.05) is 12.1 Å². The largest absolute Gasteiger partial charge is 0.351 e. The normalized spacial score (nSPS) is 16.3. The molecule has 1 aliphatic rings. The number of hydrogen-bond donors (Lipinski definition) is 2. The van der Waals surface area contributed by atoms with Gasteiger partial charge in [0.05, 0.1) is 11.6 Å². The zero-order chi connectivity index (χ0) is 17.8. The highest BCUT2D eigenvalue weighted by Crippen LogP contribution is 2.31. The van der Waals surface area contributed by atoms with Crippen molar-refractivity contribution in [2.24, 2.45) is 0 Å². The fourth-order valence-electron chi connectivity index (χ4n) is 3.79. The summed E-state index contributed by atoms with van der Waals surface area (Å²) >= 11 is 0. The minimum atomic E-state index is -0.210. The van der Waals surface area contributed by atoms with Gasteiger partial charge < -0.3 is 5.32 Å². The molecule has 2 aromatic rings. The average Bonchev–Trinajstić information content (AvgIpc) is 2.65. The van der Waals surface area contributed by atoms with Crippen LogP contribution in [0.4, 0.5) is 0 Å². The van der Waals surface area contributed by atoms with Crippen LogP contribution in [0.25, 0.3) is 0 Å². The lowest BCUT2D eigenvalue weighted by Crippen LogP contribution is -2.34. The Balaban J connectivity index is 1.79. The summed E-state index contributed by atoms with van der Waals surface area (Å²) in [6, 6.07) is 8.16. The monoisotopic (exact) mass is 339 g/mol. The molecule has 0 spiro atoms. The van der Waals surface area contributed by atoms with Crippen LogP contribution in [0.3, 0.4) is 0 Å². The highest BCUT2D eigenvalue weighted by molar-refractivity contribution is 5.84. The number of rotatable bonds is 5. The van der Waals surface area contributed by atoms with Gasteiger partial charge in [-0.25, -0.2) is 5.10 Å². The van der Waals surface area contributed by atoms with Crippen molar-refractivity contribution in [1.82, 2.24) is 15.5 Å². The van der Waals surface area contributed by atoms with Gasteiger partial charge in [-0.05, 0) is 48.8 Å². The Morgan fingerprint density at radius 1 is 1.24 bits per heavy atom. The SMILES string of the molecule is CCc1n[nH]c(=O)c(CNC(=O)[C@H]2CCCc3ccccc32)c1CC. The van der Waals surface area contributed by atoms with Gasteiger partial charge in [0.2, 0.25) is 5.91 Å². The average molecular weight is 339 g/mol. The first-order valence-electron chi connectivity index (χ1n) is 9.10. The van der Waals surface area contributed by atoms with Gasteiger partial charge in [0.15, 0.2) is 0 Å². The third kappa shape index (κ3) is 3.50. The lowest BCUT2D eigenvalue weighted by Gasteiger charge is -2.24. The number of aryl methyl sites for hydroxylation is 2. The smallest absolute Gasteiger partial charge is 0.269 e. The van der Waals surface area contributed by atoms with E-state index in [1.807, 2.05) is 32.0 Å². The number of hydrogen-bond acceptors (Lipinski definition) is 3. The molecule has 2 N–H and O–H groups in total. The van der Waals surface area contributed by atoms with E-state index in [-0.39, 0.29) is 23.9 Å². The maximum atomic E-state index is 12.8. The van der Waals surface area contributed by atoms with Crippen molar-refractivity contribution in [2.75, 3.05) is 0 Å². The lowest BCUT2D eigenvalue weighted by molar-refractivity contribution is -0.123. The van der Waals surface area contributed by atoms with Crippen LogP contribution < -0.4 is 10.9 Å². The predicted molar refractivity (Wildman–Crippen MR) is 97.6 cm³/mol. The number of carbonyl (C=O) groups is 1. The molecule has 1 atom stereocenters. The number of benzene rings is 1. The standard InChI is InChI=1S/C20H25N3O2/c1-3-14-17(20(25)23-22-18(14)4-2)12-21-19(24)16-11-7-9-13-8-5-6-10-15(13)16/h5-6,8,10,16H,3-4,7,9,11-12H2,1-2H3,(H,21,24)(H,23,25)/t16-/m0/s1. The van der Waals surface area contributed by atoms with E-state index in [9.17, 15) is 9.59 Å². The van der Waals surface area contributed by atoms with Crippen molar-refractivity contribution in [3.63, 3.8) is 0 Å². The molecule has 1 aromatic carbocycles. The van der Waals surface area contributed by atoms with Crippen molar-refractivity contribution in [3.05, 3.63) is 62.6 Å². The second-order valence-electron chi connectivity index (χ2n) is 6.53. The maximum absolute atomic E-state index is 12.8. The molecule has 0 bridgehead atoms. The number of aromatic amines is 1. The van der Waals surface area contributed by atoms with E-state index < -0.39 is 0 Å². The Morgan fingerprint density at radius 2 is 2.04 bits per heavy atom. The van der Waals surface area contributed by atoms with Crippen molar-refractivity contribution in [1.29, 1.82) is 0 Å². The Hall–Kier alpha value is -2.43. The molecule has 0 radical (unpaired) electrons. The van der Waals surface area contributed by atoms with Gasteiger partial charge in [-0.1, -0.05) is 38.1 Å². The summed E-state index contributed by atoms with van der Waals surface area (Å²) in [5, 5.41) is 9.67. The third-order valence-corrected chi connectivity index (χ3v) is 5.09. The van der Waals surface area contributed by atoms with Crippen LogP contribution in [-0.4, -0.2) is 16.1 Å². The fraction of sp³-hybridized carbons (Fsp3) is 0.450. The molecule has 0 saturated heterocycles. The van der Waals surface area contributed by atoms with Crippen LogP contribution in [0.5, 0.6) is 0 Å². The molecule has 5 heteroatoms. The highest BCUT2D eigenvalue weighted by Gasteiger charge is 2.26. The molecule has 1 aromatic heterocycles. The summed E-state index contributed by atoms with van der Waals surface area (Å²) in [6.07, 6.45) is 4.40.